The summed E-state index contributed by atoms with van der Waals surface area (Å²) >= 11 is 0. The van der Waals surface area contributed by atoms with E-state index >= 15 is 0 Å². The van der Waals surface area contributed by atoms with Crippen LogP contribution in [0.5, 0.6) is 17.2 Å². The molecular formula is C15H15FO3. The van der Waals surface area contributed by atoms with Gasteiger partial charge in [0, 0.05) is 11.6 Å². The van der Waals surface area contributed by atoms with Crippen molar-refractivity contribution in [3.63, 3.8) is 0 Å². The second kappa shape index (κ2) is 5.61. The molecule has 2 aromatic carbocycles. The van der Waals surface area contributed by atoms with Crippen LogP contribution < -0.4 is 14.2 Å². The lowest BCUT2D eigenvalue weighted by Crippen LogP contribution is -1.94. The molecule has 0 saturated heterocycles. The van der Waals surface area contributed by atoms with Crippen molar-refractivity contribution in [2.24, 2.45) is 0 Å². The van der Waals surface area contributed by atoms with E-state index < -0.39 is 0 Å². The third-order valence-electron chi connectivity index (χ3n) is 2.87. The monoisotopic (exact) mass is 262 g/mol. The van der Waals surface area contributed by atoms with Crippen LogP contribution in [0.25, 0.3) is 11.1 Å². The average molecular weight is 262 g/mol. The second-order valence-electron chi connectivity index (χ2n) is 3.92. The number of benzene rings is 2. The van der Waals surface area contributed by atoms with Gasteiger partial charge in [-0.15, -0.1) is 0 Å². The molecule has 0 N–H and O–H groups in total. The predicted molar refractivity (Wildman–Crippen MR) is 71.5 cm³/mol. The van der Waals surface area contributed by atoms with Gasteiger partial charge in [0.25, 0.3) is 0 Å². The molecule has 0 radical (unpaired) electrons. The zero-order chi connectivity index (χ0) is 13.8. The number of ether oxygens (including phenoxy) is 3. The highest BCUT2D eigenvalue weighted by atomic mass is 19.1. The molecule has 0 aromatic heterocycles. The summed E-state index contributed by atoms with van der Waals surface area (Å²) in [6, 6.07) is 10.1. The molecule has 0 aliphatic rings. The van der Waals surface area contributed by atoms with Crippen molar-refractivity contribution in [1.82, 2.24) is 0 Å². The Morgan fingerprint density at radius 1 is 0.789 bits per heavy atom. The van der Waals surface area contributed by atoms with Gasteiger partial charge in [-0.3, -0.25) is 0 Å². The Hall–Kier alpha value is -2.23. The van der Waals surface area contributed by atoms with Crippen LogP contribution >= 0.6 is 0 Å². The van der Waals surface area contributed by atoms with E-state index in [-0.39, 0.29) is 5.82 Å². The molecule has 0 spiro atoms. The summed E-state index contributed by atoms with van der Waals surface area (Å²) < 4.78 is 29.4. The van der Waals surface area contributed by atoms with Gasteiger partial charge in [0.1, 0.15) is 11.6 Å². The first-order valence-corrected chi connectivity index (χ1v) is 5.75. The molecule has 0 aliphatic heterocycles. The molecule has 0 atom stereocenters. The first kappa shape index (κ1) is 13.2. The largest absolute Gasteiger partial charge is 0.497 e. The van der Waals surface area contributed by atoms with Crippen molar-refractivity contribution in [3.05, 3.63) is 42.2 Å². The van der Waals surface area contributed by atoms with E-state index in [0.29, 0.717) is 17.1 Å². The smallest absolute Gasteiger partial charge is 0.163 e. The van der Waals surface area contributed by atoms with Crippen LogP contribution in [0.2, 0.25) is 0 Å². The SMILES string of the molecule is COc1ccc(-c2cc(OC)c(OC)cc2F)cc1. The number of hydrogen-bond donors (Lipinski definition) is 0. The number of halogens is 1. The van der Waals surface area contributed by atoms with E-state index in [4.69, 9.17) is 14.2 Å². The van der Waals surface area contributed by atoms with Crippen molar-refractivity contribution >= 4 is 0 Å². The van der Waals surface area contributed by atoms with Crippen molar-refractivity contribution in [2.45, 2.75) is 0 Å². The molecule has 0 heterocycles. The molecule has 100 valence electrons. The van der Waals surface area contributed by atoms with Gasteiger partial charge in [-0.25, -0.2) is 4.39 Å². The summed E-state index contributed by atoms with van der Waals surface area (Å²) in [5, 5.41) is 0. The Morgan fingerprint density at radius 2 is 1.37 bits per heavy atom. The van der Waals surface area contributed by atoms with Crippen molar-refractivity contribution in [1.29, 1.82) is 0 Å². The van der Waals surface area contributed by atoms with Gasteiger partial charge in [0.05, 0.1) is 21.3 Å². The Kier molecular flexibility index (Phi) is 3.90. The first-order valence-electron chi connectivity index (χ1n) is 5.75. The lowest BCUT2D eigenvalue weighted by Gasteiger charge is -2.11. The van der Waals surface area contributed by atoms with E-state index in [0.717, 1.165) is 11.3 Å². The van der Waals surface area contributed by atoms with Crippen LogP contribution in [-0.2, 0) is 0 Å². The minimum atomic E-state index is -0.359. The highest BCUT2D eigenvalue weighted by Gasteiger charge is 2.12. The fourth-order valence-corrected chi connectivity index (χ4v) is 1.85. The second-order valence-corrected chi connectivity index (χ2v) is 3.92. The standard InChI is InChI=1S/C15H15FO3/c1-17-11-6-4-10(5-7-11)12-8-14(18-2)15(19-3)9-13(12)16/h4-9H,1-3H3. The third-order valence-corrected chi connectivity index (χ3v) is 2.87. The third kappa shape index (κ3) is 2.62. The fraction of sp³-hybridized carbons (Fsp3) is 0.200. The van der Waals surface area contributed by atoms with Gasteiger partial charge in [0.2, 0.25) is 0 Å². The number of methoxy groups -OCH3 is 3. The average Bonchev–Trinajstić information content (AvgIpc) is 2.47. The Morgan fingerprint density at radius 3 is 1.89 bits per heavy atom. The Bertz CT molecular complexity index is 564. The lowest BCUT2D eigenvalue weighted by atomic mass is 10.0. The zero-order valence-corrected chi connectivity index (χ0v) is 11.1. The highest BCUT2D eigenvalue weighted by Crippen LogP contribution is 2.35. The van der Waals surface area contributed by atoms with Crippen LogP contribution in [-0.4, -0.2) is 21.3 Å². The van der Waals surface area contributed by atoms with E-state index in [1.165, 1.54) is 20.3 Å². The maximum atomic E-state index is 14.1. The van der Waals surface area contributed by atoms with Crippen molar-refractivity contribution in [2.75, 3.05) is 21.3 Å². The van der Waals surface area contributed by atoms with Crippen molar-refractivity contribution < 1.29 is 18.6 Å². The van der Waals surface area contributed by atoms with Crippen LogP contribution in [0, 0.1) is 5.82 Å². The van der Waals surface area contributed by atoms with Crippen LogP contribution in [0.15, 0.2) is 36.4 Å². The summed E-state index contributed by atoms with van der Waals surface area (Å²) in [5.74, 6) is 1.24. The molecule has 2 rings (SSSR count). The Balaban J connectivity index is 2.48. The lowest BCUT2D eigenvalue weighted by molar-refractivity contribution is 0.352. The minimum absolute atomic E-state index is 0.359. The Labute approximate surface area is 111 Å². The normalized spacial score (nSPS) is 10.1. The molecule has 19 heavy (non-hydrogen) atoms. The summed E-state index contributed by atoms with van der Waals surface area (Å²) in [4.78, 5) is 0. The van der Waals surface area contributed by atoms with Gasteiger partial charge in [0.15, 0.2) is 11.5 Å². The number of hydrogen-bond acceptors (Lipinski definition) is 3. The minimum Gasteiger partial charge on any atom is -0.497 e. The van der Waals surface area contributed by atoms with Gasteiger partial charge >= 0.3 is 0 Å². The van der Waals surface area contributed by atoms with Gasteiger partial charge in [-0.05, 0) is 23.8 Å². The van der Waals surface area contributed by atoms with E-state index in [1.54, 1.807) is 37.4 Å². The molecule has 0 bridgehead atoms. The van der Waals surface area contributed by atoms with Crippen LogP contribution in [0.3, 0.4) is 0 Å². The van der Waals surface area contributed by atoms with Gasteiger partial charge in [-0.1, -0.05) is 12.1 Å². The quantitative estimate of drug-likeness (QED) is 0.843. The van der Waals surface area contributed by atoms with Crippen molar-refractivity contribution in [3.8, 4) is 28.4 Å². The summed E-state index contributed by atoms with van der Waals surface area (Å²) in [7, 11) is 4.59. The molecule has 0 unspecified atom stereocenters. The summed E-state index contributed by atoms with van der Waals surface area (Å²) in [5.41, 5.74) is 1.21. The number of rotatable bonds is 4. The fourth-order valence-electron chi connectivity index (χ4n) is 1.85. The van der Waals surface area contributed by atoms with Crippen LogP contribution in [0.1, 0.15) is 0 Å². The van der Waals surface area contributed by atoms with Crippen LogP contribution in [0.4, 0.5) is 4.39 Å². The zero-order valence-electron chi connectivity index (χ0n) is 11.1. The van der Waals surface area contributed by atoms with E-state index in [1.807, 2.05) is 0 Å². The van der Waals surface area contributed by atoms with E-state index in [9.17, 15) is 4.39 Å². The molecule has 2 aromatic rings. The highest BCUT2D eigenvalue weighted by molar-refractivity contribution is 5.68. The first-order chi connectivity index (χ1) is 9.19. The molecule has 0 aliphatic carbocycles. The summed E-state index contributed by atoms with van der Waals surface area (Å²) in [6.45, 7) is 0. The van der Waals surface area contributed by atoms with Gasteiger partial charge < -0.3 is 14.2 Å². The van der Waals surface area contributed by atoms with E-state index in [2.05, 4.69) is 0 Å². The molecule has 0 saturated carbocycles. The topological polar surface area (TPSA) is 27.7 Å². The summed E-state index contributed by atoms with van der Waals surface area (Å²) in [6.07, 6.45) is 0. The van der Waals surface area contributed by atoms with Gasteiger partial charge in [-0.2, -0.15) is 0 Å². The maximum absolute atomic E-state index is 14.1. The molecular weight excluding hydrogens is 247 g/mol. The predicted octanol–water partition coefficient (Wildman–Crippen LogP) is 3.52. The maximum Gasteiger partial charge on any atom is 0.163 e. The molecule has 4 heteroatoms. The molecule has 0 fully saturated rings. The molecule has 3 nitrogen and oxygen atoms in total. The molecule has 0 amide bonds.